The Morgan fingerprint density at radius 1 is 0.481 bits per heavy atom. The topological polar surface area (TPSA) is 34.2 Å². The molecule has 0 radical (unpaired) electrons. The van der Waals surface area contributed by atoms with Crippen molar-refractivity contribution in [3.05, 3.63) is 205 Å². The second-order valence-electron chi connectivity index (χ2n) is 14.1. The Bertz CT molecular complexity index is 3010. The lowest BCUT2D eigenvalue weighted by atomic mass is 9.90. The molecule has 11 rings (SSSR count). The molecule has 0 amide bonds. The van der Waals surface area contributed by atoms with E-state index in [0.29, 0.717) is 0 Å². The summed E-state index contributed by atoms with van der Waals surface area (Å²) in [4.78, 5) is 5.72. The normalized spacial score (nSPS) is 14.0. The van der Waals surface area contributed by atoms with Crippen LogP contribution in [0.1, 0.15) is 17.2 Å². The summed E-state index contributed by atoms with van der Waals surface area (Å²) in [5.41, 5.74) is 12.6. The van der Waals surface area contributed by atoms with Crippen LogP contribution in [0.3, 0.4) is 0 Å². The van der Waals surface area contributed by atoms with E-state index in [1.54, 1.807) is 0 Å². The molecule has 0 spiro atoms. The highest BCUT2D eigenvalue weighted by Crippen LogP contribution is 2.43. The van der Waals surface area contributed by atoms with Crippen LogP contribution in [0.5, 0.6) is 0 Å². The van der Waals surface area contributed by atoms with Crippen LogP contribution in [0, 0.1) is 0 Å². The van der Waals surface area contributed by atoms with Crippen LogP contribution in [0.15, 0.2) is 199 Å². The van der Waals surface area contributed by atoms with Crippen molar-refractivity contribution in [1.82, 2.24) is 9.13 Å². The molecular formula is C50H34N4. The highest BCUT2D eigenvalue weighted by atomic mass is 15.2. The third-order valence-corrected chi connectivity index (χ3v) is 11.0. The monoisotopic (exact) mass is 690 g/mol. The van der Waals surface area contributed by atoms with E-state index in [0.717, 1.165) is 45.0 Å². The van der Waals surface area contributed by atoms with E-state index in [1.807, 2.05) is 0 Å². The molecule has 0 aliphatic carbocycles. The molecule has 1 N–H and O–H groups in total. The number of hydrogen-bond donors (Lipinski definition) is 1. The van der Waals surface area contributed by atoms with Gasteiger partial charge in [0.25, 0.3) is 0 Å². The van der Waals surface area contributed by atoms with Crippen LogP contribution >= 0.6 is 0 Å². The quantitative estimate of drug-likeness (QED) is 0.196. The minimum atomic E-state index is -0.246. The number of aliphatic imine (C=N–C) groups is 1. The fourth-order valence-electron chi connectivity index (χ4n) is 8.49. The van der Waals surface area contributed by atoms with Crippen molar-refractivity contribution in [2.24, 2.45) is 4.99 Å². The second kappa shape index (κ2) is 12.2. The van der Waals surface area contributed by atoms with Gasteiger partial charge in [-0.25, -0.2) is 4.99 Å². The average Bonchev–Trinajstić information content (AvgIpc) is 3.84. The van der Waals surface area contributed by atoms with E-state index in [-0.39, 0.29) is 6.04 Å². The van der Waals surface area contributed by atoms with Gasteiger partial charge < -0.3 is 9.88 Å². The SMILES string of the molecule is c1ccc(-c2cc(-c3ccccc3)cc(C3N=C(n4c5ccc6ccccc6c5c5ccc6c(ccn6-c6ccccc6)c54)Nc4ccccc43)c2)cc1. The summed E-state index contributed by atoms with van der Waals surface area (Å²) in [6, 6.07) is 67.3. The fraction of sp³-hybridized carbons (Fsp3) is 0.0200. The first kappa shape index (κ1) is 30.5. The number of benzene rings is 8. The second-order valence-corrected chi connectivity index (χ2v) is 14.1. The summed E-state index contributed by atoms with van der Waals surface area (Å²) in [5.74, 6) is 0.806. The zero-order valence-corrected chi connectivity index (χ0v) is 29.4. The molecular weight excluding hydrogens is 657 g/mol. The number of fused-ring (bicyclic) bond motifs is 8. The minimum Gasteiger partial charge on any atom is -0.325 e. The first-order valence-corrected chi connectivity index (χ1v) is 18.5. The lowest BCUT2D eigenvalue weighted by Crippen LogP contribution is -2.27. The molecule has 1 aliphatic rings. The molecule has 4 nitrogen and oxygen atoms in total. The molecule has 0 fully saturated rings. The highest BCUT2D eigenvalue weighted by molar-refractivity contribution is 6.29. The lowest BCUT2D eigenvalue weighted by Gasteiger charge is -2.27. The molecule has 3 heterocycles. The third kappa shape index (κ3) is 4.81. The van der Waals surface area contributed by atoms with Gasteiger partial charge >= 0.3 is 0 Å². The van der Waals surface area contributed by atoms with Gasteiger partial charge in [0.15, 0.2) is 0 Å². The molecule has 2 aromatic heterocycles. The molecule has 0 saturated carbocycles. The van der Waals surface area contributed by atoms with E-state index in [1.165, 1.54) is 49.2 Å². The smallest absolute Gasteiger partial charge is 0.208 e. The summed E-state index contributed by atoms with van der Waals surface area (Å²) in [7, 11) is 0. The van der Waals surface area contributed by atoms with Gasteiger partial charge in [-0.15, -0.1) is 0 Å². The Morgan fingerprint density at radius 3 is 1.89 bits per heavy atom. The minimum absolute atomic E-state index is 0.246. The number of nitrogens with one attached hydrogen (secondary N) is 1. The summed E-state index contributed by atoms with van der Waals surface area (Å²) < 4.78 is 4.65. The number of para-hydroxylation sites is 2. The lowest BCUT2D eigenvalue weighted by molar-refractivity contribution is 0.852. The Labute approximate surface area is 312 Å². The van der Waals surface area contributed by atoms with Crippen molar-refractivity contribution in [2.75, 3.05) is 5.32 Å². The zero-order valence-electron chi connectivity index (χ0n) is 29.4. The van der Waals surface area contributed by atoms with E-state index < -0.39 is 0 Å². The third-order valence-electron chi connectivity index (χ3n) is 11.0. The fourth-order valence-corrected chi connectivity index (χ4v) is 8.49. The number of aromatic nitrogens is 2. The van der Waals surface area contributed by atoms with Gasteiger partial charge in [-0.1, -0.05) is 133 Å². The van der Waals surface area contributed by atoms with Crippen molar-refractivity contribution in [3.63, 3.8) is 0 Å². The molecule has 254 valence electrons. The van der Waals surface area contributed by atoms with Gasteiger partial charge in [-0.2, -0.15) is 0 Å². The molecule has 4 heteroatoms. The molecule has 1 aliphatic heterocycles. The van der Waals surface area contributed by atoms with Crippen molar-refractivity contribution < 1.29 is 0 Å². The van der Waals surface area contributed by atoms with Crippen molar-refractivity contribution in [1.29, 1.82) is 0 Å². The predicted octanol–water partition coefficient (Wildman–Crippen LogP) is 12.6. The maximum absolute atomic E-state index is 5.72. The van der Waals surface area contributed by atoms with Crippen LogP contribution in [0.4, 0.5) is 5.69 Å². The standard InChI is InChI=1S/C50H34N4/c1-4-14-33(15-5-1)36-30-37(34-16-6-2-7-17-34)32-38(31-36)48-41-22-12-13-23-44(41)51-50(52-48)54-46-26-24-35-18-10-11-21-40(35)47(46)43-25-27-45-42(49(43)54)28-29-53(45)39-19-8-3-9-20-39/h1-32,48H,(H,51,52). The van der Waals surface area contributed by atoms with Crippen molar-refractivity contribution in [2.45, 2.75) is 6.04 Å². The predicted molar refractivity (Wildman–Crippen MR) is 226 cm³/mol. The largest absolute Gasteiger partial charge is 0.325 e. The Kier molecular flexibility index (Phi) is 6.89. The number of nitrogens with zero attached hydrogens (tertiary/aromatic N) is 3. The zero-order chi connectivity index (χ0) is 35.6. The van der Waals surface area contributed by atoms with Crippen LogP contribution in [-0.4, -0.2) is 15.1 Å². The summed E-state index contributed by atoms with van der Waals surface area (Å²) in [5, 5.41) is 9.90. The van der Waals surface area contributed by atoms with Gasteiger partial charge in [0.2, 0.25) is 5.96 Å². The van der Waals surface area contributed by atoms with Crippen LogP contribution in [0.2, 0.25) is 0 Å². The molecule has 1 unspecified atom stereocenters. The van der Waals surface area contributed by atoms with E-state index in [9.17, 15) is 0 Å². The number of hydrogen-bond acceptors (Lipinski definition) is 2. The molecule has 0 saturated heterocycles. The molecule has 54 heavy (non-hydrogen) atoms. The van der Waals surface area contributed by atoms with Crippen LogP contribution in [-0.2, 0) is 0 Å². The van der Waals surface area contributed by atoms with Crippen LogP contribution in [0.25, 0.3) is 71.4 Å². The molecule has 0 bridgehead atoms. The Morgan fingerprint density at radius 2 is 1.13 bits per heavy atom. The van der Waals surface area contributed by atoms with Gasteiger partial charge in [0.1, 0.15) is 6.04 Å². The van der Waals surface area contributed by atoms with E-state index in [2.05, 4.69) is 209 Å². The highest BCUT2D eigenvalue weighted by Gasteiger charge is 2.28. The van der Waals surface area contributed by atoms with Crippen LogP contribution < -0.4 is 5.32 Å². The first-order chi connectivity index (χ1) is 26.8. The first-order valence-electron chi connectivity index (χ1n) is 18.5. The van der Waals surface area contributed by atoms with E-state index >= 15 is 0 Å². The van der Waals surface area contributed by atoms with Gasteiger partial charge in [-0.3, -0.25) is 4.57 Å². The molecule has 8 aromatic carbocycles. The Hall–Kier alpha value is -7.17. The van der Waals surface area contributed by atoms with E-state index in [4.69, 9.17) is 4.99 Å². The average molecular weight is 691 g/mol. The summed E-state index contributed by atoms with van der Waals surface area (Å²) in [6.45, 7) is 0. The number of rotatable bonds is 4. The van der Waals surface area contributed by atoms with Gasteiger partial charge in [0.05, 0.1) is 16.6 Å². The van der Waals surface area contributed by atoms with Gasteiger partial charge in [0, 0.05) is 39.3 Å². The molecule has 10 aromatic rings. The maximum Gasteiger partial charge on any atom is 0.208 e. The number of anilines is 1. The molecule has 1 atom stereocenters. The van der Waals surface area contributed by atoms with Crippen molar-refractivity contribution >= 4 is 55.1 Å². The van der Waals surface area contributed by atoms with Gasteiger partial charge in [-0.05, 0) is 93.2 Å². The summed E-state index contributed by atoms with van der Waals surface area (Å²) in [6.07, 6.45) is 2.19. The van der Waals surface area contributed by atoms with Crippen molar-refractivity contribution in [3.8, 4) is 27.9 Å². The Balaban J connectivity index is 1.20. The summed E-state index contributed by atoms with van der Waals surface area (Å²) >= 11 is 0. The maximum atomic E-state index is 5.72.